The maximum atomic E-state index is 6.08. The maximum absolute atomic E-state index is 6.08. The van der Waals surface area contributed by atoms with E-state index >= 15 is 0 Å². The molecule has 2 rings (SSSR count). The Morgan fingerprint density at radius 1 is 1.15 bits per heavy atom. The van der Waals surface area contributed by atoms with Gasteiger partial charge in [0.15, 0.2) is 0 Å². The van der Waals surface area contributed by atoms with Crippen LogP contribution in [0.4, 0.5) is 11.4 Å². The molecular weight excluding hydrogens is 270 g/mol. The first-order chi connectivity index (χ1) is 9.61. The van der Waals surface area contributed by atoms with Crippen LogP contribution in [0, 0.1) is 0 Å². The zero-order chi connectivity index (χ0) is 14.5. The molecule has 2 aromatic rings. The van der Waals surface area contributed by atoms with E-state index in [-0.39, 0.29) is 0 Å². The van der Waals surface area contributed by atoms with E-state index in [0.717, 1.165) is 22.6 Å². The van der Waals surface area contributed by atoms with Crippen molar-refractivity contribution in [3.63, 3.8) is 0 Å². The van der Waals surface area contributed by atoms with Crippen molar-refractivity contribution in [3.05, 3.63) is 59.1 Å². The van der Waals surface area contributed by atoms with Gasteiger partial charge in [-0.3, -0.25) is 5.01 Å². The molecular formula is C16H18ClN3. The standard InChI is InChI=1S/C16H18ClN3/c1-12(15-11-13(17)9-10-16(15)18-2)19-20(3)14-7-5-4-6-8-14/h4-11,18H,1-3H3/b19-12-. The van der Waals surface area contributed by atoms with Gasteiger partial charge in [-0.15, -0.1) is 0 Å². The first kappa shape index (κ1) is 14.4. The molecule has 0 aliphatic carbocycles. The summed E-state index contributed by atoms with van der Waals surface area (Å²) in [5.41, 5.74) is 3.96. The predicted molar refractivity (Wildman–Crippen MR) is 88.1 cm³/mol. The number of nitrogens with zero attached hydrogens (tertiary/aromatic N) is 2. The average Bonchev–Trinajstić information content (AvgIpc) is 2.48. The molecule has 2 aromatic carbocycles. The van der Waals surface area contributed by atoms with E-state index < -0.39 is 0 Å². The van der Waals surface area contributed by atoms with Crippen LogP contribution in [0.2, 0.25) is 5.02 Å². The summed E-state index contributed by atoms with van der Waals surface area (Å²) in [6.07, 6.45) is 0. The third kappa shape index (κ3) is 3.31. The number of anilines is 2. The molecule has 0 saturated heterocycles. The molecule has 4 heteroatoms. The van der Waals surface area contributed by atoms with Gasteiger partial charge in [0.2, 0.25) is 0 Å². The quantitative estimate of drug-likeness (QED) is 0.673. The number of hydrazone groups is 1. The molecule has 0 aliphatic rings. The highest BCUT2D eigenvalue weighted by atomic mass is 35.5. The van der Waals surface area contributed by atoms with Gasteiger partial charge in [0.1, 0.15) is 0 Å². The smallest absolute Gasteiger partial charge is 0.0672 e. The molecule has 0 unspecified atom stereocenters. The van der Waals surface area contributed by atoms with E-state index in [1.807, 2.05) is 74.6 Å². The highest BCUT2D eigenvalue weighted by Gasteiger charge is 2.07. The Morgan fingerprint density at radius 3 is 2.50 bits per heavy atom. The van der Waals surface area contributed by atoms with Gasteiger partial charge < -0.3 is 5.32 Å². The van der Waals surface area contributed by atoms with Crippen LogP contribution in [-0.2, 0) is 0 Å². The summed E-state index contributed by atoms with van der Waals surface area (Å²) in [4.78, 5) is 0. The third-order valence-electron chi connectivity index (χ3n) is 3.07. The summed E-state index contributed by atoms with van der Waals surface area (Å²) in [5.74, 6) is 0. The van der Waals surface area contributed by atoms with Crippen molar-refractivity contribution < 1.29 is 0 Å². The molecule has 1 N–H and O–H groups in total. The zero-order valence-corrected chi connectivity index (χ0v) is 12.6. The molecule has 20 heavy (non-hydrogen) atoms. The van der Waals surface area contributed by atoms with Gasteiger partial charge in [-0.1, -0.05) is 29.8 Å². The Kier molecular flexibility index (Phi) is 4.64. The zero-order valence-electron chi connectivity index (χ0n) is 11.9. The Balaban J connectivity index is 2.33. The van der Waals surface area contributed by atoms with E-state index in [2.05, 4.69) is 10.4 Å². The van der Waals surface area contributed by atoms with Crippen LogP contribution in [-0.4, -0.2) is 19.8 Å². The fraction of sp³-hybridized carbons (Fsp3) is 0.188. The maximum Gasteiger partial charge on any atom is 0.0672 e. The van der Waals surface area contributed by atoms with Crippen LogP contribution >= 0.6 is 11.6 Å². The SMILES string of the molecule is CNc1ccc(Cl)cc1/C(C)=N\N(C)c1ccccc1. The van der Waals surface area contributed by atoms with Crippen LogP contribution in [0.25, 0.3) is 0 Å². The monoisotopic (exact) mass is 287 g/mol. The van der Waals surface area contributed by atoms with E-state index in [1.54, 1.807) is 0 Å². The van der Waals surface area contributed by atoms with E-state index in [1.165, 1.54) is 0 Å². The third-order valence-corrected chi connectivity index (χ3v) is 3.31. The van der Waals surface area contributed by atoms with Crippen molar-refractivity contribution in [1.82, 2.24) is 0 Å². The Hall–Kier alpha value is -2.00. The predicted octanol–water partition coefficient (Wildman–Crippen LogP) is 4.24. The van der Waals surface area contributed by atoms with Crippen molar-refractivity contribution in [2.75, 3.05) is 24.4 Å². The van der Waals surface area contributed by atoms with Crippen LogP contribution in [0.15, 0.2) is 53.6 Å². The molecule has 0 amide bonds. The highest BCUT2D eigenvalue weighted by molar-refractivity contribution is 6.31. The molecule has 0 radical (unpaired) electrons. The highest BCUT2D eigenvalue weighted by Crippen LogP contribution is 2.22. The summed E-state index contributed by atoms with van der Waals surface area (Å²) in [6.45, 7) is 1.98. The average molecular weight is 288 g/mol. The number of hydrogen-bond donors (Lipinski definition) is 1. The van der Waals surface area contributed by atoms with Gasteiger partial charge in [0, 0.05) is 30.4 Å². The molecule has 0 bridgehead atoms. The van der Waals surface area contributed by atoms with Gasteiger partial charge in [0.05, 0.1) is 11.4 Å². The van der Waals surface area contributed by atoms with E-state index in [4.69, 9.17) is 11.6 Å². The fourth-order valence-electron chi connectivity index (χ4n) is 2.01. The van der Waals surface area contributed by atoms with Crippen molar-refractivity contribution in [3.8, 4) is 0 Å². The van der Waals surface area contributed by atoms with Gasteiger partial charge >= 0.3 is 0 Å². The summed E-state index contributed by atoms with van der Waals surface area (Å²) < 4.78 is 0. The minimum atomic E-state index is 0.705. The topological polar surface area (TPSA) is 27.6 Å². The first-order valence-corrected chi connectivity index (χ1v) is 6.81. The summed E-state index contributed by atoms with van der Waals surface area (Å²) >= 11 is 6.08. The lowest BCUT2D eigenvalue weighted by atomic mass is 10.1. The van der Waals surface area contributed by atoms with Crippen molar-refractivity contribution >= 4 is 28.7 Å². The van der Waals surface area contributed by atoms with Crippen LogP contribution in [0.1, 0.15) is 12.5 Å². The van der Waals surface area contributed by atoms with E-state index in [0.29, 0.717) is 5.02 Å². The van der Waals surface area contributed by atoms with Gasteiger partial charge in [-0.2, -0.15) is 5.10 Å². The minimum Gasteiger partial charge on any atom is -0.388 e. The number of para-hydroxylation sites is 1. The summed E-state index contributed by atoms with van der Waals surface area (Å²) in [6, 6.07) is 15.8. The Bertz CT molecular complexity index is 608. The lowest BCUT2D eigenvalue weighted by Gasteiger charge is -2.16. The normalized spacial score (nSPS) is 11.3. The number of halogens is 1. The van der Waals surface area contributed by atoms with Crippen LogP contribution < -0.4 is 10.3 Å². The summed E-state index contributed by atoms with van der Waals surface area (Å²) in [5, 5.41) is 10.3. The van der Waals surface area contributed by atoms with Gasteiger partial charge in [-0.25, -0.2) is 0 Å². The molecule has 104 valence electrons. The summed E-state index contributed by atoms with van der Waals surface area (Å²) in [7, 11) is 3.82. The number of benzene rings is 2. The van der Waals surface area contributed by atoms with Crippen molar-refractivity contribution in [1.29, 1.82) is 0 Å². The lowest BCUT2D eigenvalue weighted by molar-refractivity contribution is 1.01. The van der Waals surface area contributed by atoms with Gasteiger partial charge in [-0.05, 0) is 37.3 Å². The second-order valence-corrected chi connectivity index (χ2v) is 4.92. The molecule has 0 atom stereocenters. The van der Waals surface area contributed by atoms with Crippen molar-refractivity contribution in [2.24, 2.45) is 5.10 Å². The van der Waals surface area contributed by atoms with E-state index in [9.17, 15) is 0 Å². The molecule has 0 heterocycles. The Labute approximate surface area is 124 Å². The second kappa shape index (κ2) is 6.44. The van der Waals surface area contributed by atoms with Crippen molar-refractivity contribution in [2.45, 2.75) is 6.92 Å². The molecule has 0 aromatic heterocycles. The fourth-order valence-corrected chi connectivity index (χ4v) is 2.19. The number of rotatable bonds is 4. The van der Waals surface area contributed by atoms with Crippen LogP contribution in [0.5, 0.6) is 0 Å². The number of nitrogens with one attached hydrogen (secondary N) is 1. The minimum absolute atomic E-state index is 0.705. The lowest BCUT2D eigenvalue weighted by Crippen LogP contribution is -2.13. The Morgan fingerprint density at radius 2 is 1.85 bits per heavy atom. The van der Waals surface area contributed by atoms with Crippen LogP contribution in [0.3, 0.4) is 0 Å². The molecule has 0 spiro atoms. The molecule has 0 aliphatic heterocycles. The second-order valence-electron chi connectivity index (χ2n) is 4.48. The largest absolute Gasteiger partial charge is 0.388 e. The first-order valence-electron chi connectivity index (χ1n) is 6.43. The molecule has 3 nitrogen and oxygen atoms in total. The number of hydrogen-bond acceptors (Lipinski definition) is 3. The van der Waals surface area contributed by atoms with Gasteiger partial charge in [0.25, 0.3) is 0 Å². The molecule has 0 saturated carbocycles. The molecule has 0 fully saturated rings.